The Morgan fingerprint density at radius 3 is 2.68 bits per heavy atom. The number of benzene rings is 1. The number of aromatic hydroxyl groups is 1. The molecular weight excluding hydrogens is 332 g/mol. The second kappa shape index (κ2) is 5.08. The molecule has 19 heavy (non-hydrogen) atoms. The monoisotopic (exact) mass is 338 g/mol. The molecule has 0 aliphatic heterocycles. The van der Waals surface area contributed by atoms with Gasteiger partial charge in [-0.25, -0.2) is 0 Å². The van der Waals surface area contributed by atoms with Gasteiger partial charge >= 0.3 is 0 Å². The van der Waals surface area contributed by atoms with Gasteiger partial charge in [0.2, 0.25) is 0 Å². The Kier molecular flexibility index (Phi) is 3.65. The second-order valence-electron chi connectivity index (χ2n) is 3.97. The highest BCUT2D eigenvalue weighted by Gasteiger charge is 2.15. The molecule has 2 aromatic rings. The molecule has 2 N–H and O–H groups in total. The van der Waals surface area contributed by atoms with Gasteiger partial charge in [0.25, 0.3) is 5.56 Å². The fourth-order valence-electron chi connectivity index (χ4n) is 1.76. The molecule has 2 rings (SSSR count). The van der Waals surface area contributed by atoms with Crippen molar-refractivity contribution in [2.45, 2.75) is 6.92 Å². The molecule has 0 radical (unpaired) electrons. The molecule has 0 saturated heterocycles. The first-order chi connectivity index (χ1) is 8.93. The van der Waals surface area contributed by atoms with Gasteiger partial charge in [-0.15, -0.1) is 0 Å². The van der Waals surface area contributed by atoms with Crippen LogP contribution in [0.4, 0.5) is 0 Å². The number of hydrogen-bond donors (Lipinski definition) is 2. The van der Waals surface area contributed by atoms with Gasteiger partial charge in [0.05, 0.1) is 5.02 Å². The highest BCUT2D eigenvalue weighted by atomic mass is 79.9. The lowest BCUT2D eigenvalue weighted by Gasteiger charge is -2.09. The standard InChI is InChI=1S/C13H8BrClN2O2/c1-6-2-7(9(5-16)13(19)17-6)8-3-11(15)10(14)4-12(8)18/h2-4,18H,1H3,(H,17,19). The minimum Gasteiger partial charge on any atom is -0.507 e. The van der Waals surface area contributed by atoms with Crippen LogP contribution in [0.25, 0.3) is 11.1 Å². The van der Waals surface area contributed by atoms with E-state index in [1.54, 1.807) is 13.0 Å². The van der Waals surface area contributed by atoms with E-state index in [1.807, 2.05) is 6.07 Å². The van der Waals surface area contributed by atoms with Crippen LogP contribution in [0.2, 0.25) is 5.02 Å². The van der Waals surface area contributed by atoms with Crippen molar-refractivity contribution in [1.29, 1.82) is 5.26 Å². The number of rotatable bonds is 1. The molecule has 0 aliphatic carbocycles. The van der Waals surface area contributed by atoms with Crippen molar-refractivity contribution in [1.82, 2.24) is 4.98 Å². The number of nitrogens with one attached hydrogen (secondary N) is 1. The number of phenols is 1. The molecular formula is C13H8BrClN2O2. The van der Waals surface area contributed by atoms with Gasteiger partial charge in [-0.05, 0) is 41.1 Å². The van der Waals surface area contributed by atoms with Gasteiger partial charge in [-0.2, -0.15) is 5.26 Å². The molecule has 1 aromatic carbocycles. The van der Waals surface area contributed by atoms with Crippen LogP contribution in [-0.4, -0.2) is 10.1 Å². The van der Waals surface area contributed by atoms with Crippen LogP contribution in [0, 0.1) is 18.3 Å². The summed E-state index contributed by atoms with van der Waals surface area (Å²) < 4.78 is 0.537. The number of phenolic OH excluding ortho intramolecular Hbond substituents is 1. The van der Waals surface area contributed by atoms with E-state index in [4.69, 9.17) is 16.9 Å². The van der Waals surface area contributed by atoms with Crippen molar-refractivity contribution in [2.24, 2.45) is 0 Å². The Bertz CT molecular complexity index is 762. The molecule has 0 saturated carbocycles. The Morgan fingerprint density at radius 1 is 1.37 bits per heavy atom. The molecule has 0 spiro atoms. The normalized spacial score (nSPS) is 10.2. The lowest BCUT2D eigenvalue weighted by atomic mass is 10.0. The molecule has 1 aromatic heterocycles. The van der Waals surface area contributed by atoms with E-state index in [2.05, 4.69) is 20.9 Å². The van der Waals surface area contributed by atoms with Gasteiger partial charge in [0, 0.05) is 21.3 Å². The maximum Gasteiger partial charge on any atom is 0.266 e. The summed E-state index contributed by atoms with van der Waals surface area (Å²) in [5.74, 6) is -0.0576. The average Bonchev–Trinajstić information content (AvgIpc) is 2.33. The number of aromatic nitrogens is 1. The van der Waals surface area contributed by atoms with Crippen LogP contribution in [0.15, 0.2) is 27.5 Å². The number of nitriles is 1. The van der Waals surface area contributed by atoms with E-state index in [0.717, 1.165) is 0 Å². The molecule has 6 heteroatoms. The summed E-state index contributed by atoms with van der Waals surface area (Å²) in [7, 11) is 0. The quantitative estimate of drug-likeness (QED) is 0.836. The molecule has 0 aliphatic rings. The summed E-state index contributed by atoms with van der Waals surface area (Å²) in [5, 5.41) is 19.4. The van der Waals surface area contributed by atoms with Gasteiger partial charge in [0.15, 0.2) is 0 Å². The zero-order valence-electron chi connectivity index (χ0n) is 9.79. The fraction of sp³-hybridized carbons (Fsp3) is 0.0769. The highest BCUT2D eigenvalue weighted by molar-refractivity contribution is 9.10. The van der Waals surface area contributed by atoms with Crippen molar-refractivity contribution < 1.29 is 5.11 Å². The van der Waals surface area contributed by atoms with Gasteiger partial charge in [-0.1, -0.05) is 11.6 Å². The first-order valence-corrected chi connectivity index (χ1v) is 6.43. The molecule has 0 unspecified atom stereocenters. The van der Waals surface area contributed by atoms with E-state index in [1.165, 1.54) is 12.1 Å². The van der Waals surface area contributed by atoms with E-state index >= 15 is 0 Å². The van der Waals surface area contributed by atoms with E-state index in [-0.39, 0.29) is 11.3 Å². The molecule has 0 amide bonds. The zero-order valence-corrected chi connectivity index (χ0v) is 12.1. The van der Waals surface area contributed by atoms with Crippen LogP contribution in [0.1, 0.15) is 11.3 Å². The third-order valence-electron chi connectivity index (χ3n) is 2.61. The molecule has 0 fully saturated rings. The van der Waals surface area contributed by atoms with Crippen molar-refractivity contribution in [3.05, 3.63) is 49.3 Å². The molecule has 96 valence electrons. The summed E-state index contributed by atoms with van der Waals surface area (Å²) in [6.07, 6.45) is 0. The van der Waals surface area contributed by atoms with Crippen LogP contribution >= 0.6 is 27.5 Å². The number of halogens is 2. The van der Waals surface area contributed by atoms with E-state index < -0.39 is 5.56 Å². The van der Waals surface area contributed by atoms with Crippen molar-refractivity contribution >= 4 is 27.5 Å². The predicted octanol–water partition coefficient (Wildman–Crippen LogP) is 3.34. The zero-order chi connectivity index (χ0) is 14.2. The van der Waals surface area contributed by atoms with Crippen LogP contribution in [-0.2, 0) is 0 Å². The summed E-state index contributed by atoms with van der Waals surface area (Å²) in [6.45, 7) is 1.70. The van der Waals surface area contributed by atoms with Crippen molar-refractivity contribution in [3.63, 3.8) is 0 Å². The maximum absolute atomic E-state index is 11.7. The minimum atomic E-state index is -0.490. The lowest BCUT2D eigenvalue weighted by Crippen LogP contribution is -2.12. The molecule has 1 heterocycles. The maximum atomic E-state index is 11.7. The predicted molar refractivity (Wildman–Crippen MR) is 76.3 cm³/mol. The largest absolute Gasteiger partial charge is 0.507 e. The van der Waals surface area contributed by atoms with E-state index in [0.29, 0.717) is 26.3 Å². The molecule has 4 nitrogen and oxygen atoms in total. The SMILES string of the molecule is Cc1cc(-c2cc(Cl)c(Br)cc2O)c(C#N)c(=O)[nH]1. The Balaban J connectivity index is 2.83. The smallest absolute Gasteiger partial charge is 0.266 e. The van der Waals surface area contributed by atoms with Gasteiger partial charge in [-0.3, -0.25) is 4.79 Å². The number of aromatic amines is 1. The van der Waals surface area contributed by atoms with Crippen molar-refractivity contribution in [3.8, 4) is 22.9 Å². The number of nitrogens with zero attached hydrogens (tertiary/aromatic N) is 1. The summed E-state index contributed by atoms with van der Waals surface area (Å²) in [6, 6.07) is 6.40. The molecule has 0 atom stereocenters. The first kappa shape index (κ1) is 13.7. The average molecular weight is 340 g/mol. The second-order valence-corrected chi connectivity index (χ2v) is 5.23. The summed E-state index contributed by atoms with van der Waals surface area (Å²) in [4.78, 5) is 14.3. The number of hydrogen-bond acceptors (Lipinski definition) is 3. The number of aryl methyl sites for hydroxylation is 1. The Hall–Kier alpha value is -1.77. The van der Waals surface area contributed by atoms with Crippen LogP contribution < -0.4 is 5.56 Å². The summed E-state index contributed by atoms with van der Waals surface area (Å²) >= 11 is 9.18. The van der Waals surface area contributed by atoms with E-state index in [9.17, 15) is 9.90 Å². The van der Waals surface area contributed by atoms with Gasteiger partial charge < -0.3 is 10.1 Å². The fourth-order valence-corrected chi connectivity index (χ4v) is 2.26. The summed E-state index contributed by atoms with van der Waals surface area (Å²) in [5.41, 5.74) is 0.752. The van der Waals surface area contributed by atoms with Crippen LogP contribution in [0.3, 0.4) is 0 Å². The highest BCUT2D eigenvalue weighted by Crippen LogP contribution is 2.37. The molecule has 0 bridgehead atoms. The number of H-pyrrole nitrogens is 1. The van der Waals surface area contributed by atoms with Crippen molar-refractivity contribution in [2.75, 3.05) is 0 Å². The number of pyridine rings is 1. The minimum absolute atomic E-state index is 0.0562. The topological polar surface area (TPSA) is 76.9 Å². The Morgan fingerprint density at radius 2 is 2.05 bits per heavy atom. The third kappa shape index (κ3) is 2.50. The first-order valence-electron chi connectivity index (χ1n) is 5.26. The van der Waals surface area contributed by atoms with Gasteiger partial charge in [0.1, 0.15) is 17.4 Å². The lowest BCUT2D eigenvalue weighted by molar-refractivity contribution is 0.477. The third-order valence-corrected chi connectivity index (χ3v) is 3.81. The Labute approximate surface area is 122 Å². The van der Waals surface area contributed by atoms with Crippen LogP contribution in [0.5, 0.6) is 5.75 Å².